The van der Waals surface area contributed by atoms with Crippen LogP contribution in [0.2, 0.25) is 0 Å². The van der Waals surface area contributed by atoms with Crippen LogP contribution in [0.3, 0.4) is 0 Å². The van der Waals surface area contributed by atoms with Crippen LogP contribution < -0.4 is 5.32 Å². The van der Waals surface area contributed by atoms with E-state index in [1.807, 2.05) is 37.3 Å². The molecule has 3 aromatic rings. The van der Waals surface area contributed by atoms with Crippen LogP contribution in [-0.4, -0.2) is 23.9 Å². The molecule has 0 saturated carbocycles. The topological polar surface area (TPSA) is 45.5 Å². The van der Waals surface area contributed by atoms with Crippen LogP contribution in [0.1, 0.15) is 46.0 Å². The second kappa shape index (κ2) is 8.44. The van der Waals surface area contributed by atoms with Crippen molar-refractivity contribution in [3.63, 3.8) is 0 Å². The molecule has 1 aliphatic heterocycles. The number of amides is 1. The highest BCUT2D eigenvalue weighted by atomic mass is 16.3. The van der Waals surface area contributed by atoms with Crippen molar-refractivity contribution in [1.82, 2.24) is 4.90 Å². The van der Waals surface area contributed by atoms with Gasteiger partial charge in [-0.05, 0) is 62.5 Å². The fraction of sp³-hybridized carbons (Fsp3) is 0.292. The third kappa shape index (κ3) is 4.34. The van der Waals surface area contributed by atoms with Gasteiger partial charge in [0.1, 0.15) is 0 Å². The van der Waals surface area contributed by atoms with E-state index in [1.54, 1.807) is 6.26 Å². The van der Waals surface area contributed by atoms with Crippen LogP contribution >= 0.6 is 0 Å². The van der Waals surface area contributed by atoms with E-state index >= 15 is 0 Å². The molecular formula is C24H26N2O2. The average molecular weight is 374 g/mol. The minimum absolute atomic E-state index is 0.171. The highest BCUT2D eigenvalue weighted by Crippen LogP contribution is 2.32. The number of carbonyl (C=O) groups is 1. The van der Waals surface area contributed by atoms with E-state index in [1.165, 1.54) is 11.1 Å². The number of aryl methyl sites for hydroxylation is 1. The van der Waals surface area contributed by atoms with Crippen LogP contribution in [-0.2, 0) is 6.54 Å². The maximum Gasteiger partial charge on any atom is 0.291 e. The number of carbonyl (C=O) groups excluding carboxylic acids is 1. The minimum Gasteiger partial charge on any atom is -0.459 e. The Morgan fingerprint density at radius 1 is 1.04 bits per heavy atom. The summed E-state index contributed by atoms with van der Waals surface area (Å²) in [4.78, 5) is 15.2. The van der Waals surface area contributed by atoms with Crippen molar-refractivity contribution in [2.75, 3.05) is 18.4 Å². The van der Waals surface area contributed by atoms with E-state index in [9.17, 15) is 4.79 Å². The fourth-order valence-corrected chi connectivity index (χ4v) is 3.89. The molecule has 0 bridgehead atoms. The predicted molar refractivity (Wildman–Crippen MR) is 112 cm³/mol. The van der Waals surface area contributed by atoms with Gasteiger partial charge in [0.15, 0.2) is 5.76 Å². The first-order chi connectivity index (χ1) is 13.7. The molecule has 4 nitrogen and oxygen atoms in total. The Bertz CT molecular complexity index is 907. The quantitative estimate of drug-likeness (QED) is 0.666. The molecule has 2 aromatic carbocycles. The largest absolute Gasteiger partial charge is 0.459 e. The number of furan rings is 1. The SMILES string of the molecule is Cc1ccc(NC(=O)c2occc2C2CCN(Cc3ccccc3)CC2)cc1. The lowest BCUT2D eigenvalue weighted by Crippen LogP contribution is -2.32. The van der Waals surface area contributed by atoms with Crippen LogP contribution in [0.25, 0.3) is 0 Å². The monoisotopic (exact) mass is 374 g/mol. The third-order valence-electron chi connectivity index (χ3n) is 5.49. The summed E-state index contributed by atoms with van der Waals surface area (Å²) >= 11 is 0. The molecule has 0 aliphatic carbocycles. The molecule has 28 heavy (non-hydrogen) atoms. The molecule has 1 aliphatic rings. The zero-order chi connectivity index (χ0) is 19.3. The molecule has 4 rings (SSSR count). The summed E-state index contributed by atoms with van der Waals surface area (Å²) in [7, 11) is 0. The van der Waals surface area contributed by atoms with Gasteiger partial charge in [-0.3, -0.25) is 9.69 Å². The second-order valence-electron chi connectivity index (χ2n) is 7.56. The Morgan fingerprint density at radius 2 is 1.75 bits per heavy atom. The van der Waals surface area contributed by atoms with E-state index in [4.69, 9.17) is 4.42 Å². The molecule has 4 heteroatoms. The number of nitrogens with one attached hydrogen (secondary N) is 1. The van der Waals surface area contributed by atoms with E-state index < -0.39 is 0 Å². The minimum atomic E-state index is -0.171. The highest BCUT2D eigenvalue weighted by molar-refractivity contribution is 6.03. The number of piperidine rings is 1. The van der Waals surface area contributed by atoms with Gasteiger partial charge in [0.2, 0.25) is 0 Å². The predicted octanol–water partition coefficient (Wildman–Crippen LogP) is 5.22. The third-order valence-corrected chi connectivity index (χ3v) is 5.49. The Kier molecular flexibility index (Phi) is 5.58. The summed E-state index contributed by atoms with van der Waals surface area (Å²) < 4.78 is 5.57. The molecule has 1 fully saturated rings. The van der Waals surface area contributed by atoms with Gasteiger partial charge >= 0.3 is 0 Å². The Morgan fingerprint density at radius 3 is 2.46 bits per heavy atom. The van der Waals surface area contributed by atoms with Gasteiger partial charge < -0.3 is 9.73 Å². The van der Waals surface area contributed by atoms with Gasteiger partial charge in [0.25, 0.3) is 5.91 Å². The summed E-state index contributed by atoms with van der Waals surface area (Å²) in [5, 5.41) is 2.95. The average Bonchev–Trinajstić information content (AvgIpc) is 3.21. The maximum absolute atomic E-state index is 12.7. The summed E-state index contributed by atoms with van der Waals surface area (Å²) in [5.74, 6) is 0.641. The standard InChI is InChI=1S/C24H26N2O2/c1-18-7-9-21(10-8-18)25-24(27)23-22(13-16-28-23)20-11-14-26(15-12-20)17-19-5-3-2-4-6-19/h2-10,13,16,20H,11-12,14-15,17H2,1H3,(H,25,27). The number of likely N-dealkylation sites (tertiary alicyclic amines) is 1. The summed E-state index contributed by atoms with van der Waals surface area (Å²) in [6.45, 7) is 5.08. The highest BCUT2D eigenvalue weighted by Gasteiger charge is 2.26. The van der Waals surface area contributed by atoms with Gasteiger partial charge in [-0.25, -0.2) is 0 Å². The lowest BCUT2D eigenvalue weighted by Gasteiger charge is -2.31. The zero-order valence-corrected chi connectivity index (χ0v) is 16.2. The van der Waals surface area contributed by atoms with Gasteiger partial charge in [0.05, 0.1) is 6.26 Å². The number of hydrogen-bond donors (Lipinski definition) is 1. The number of hydrogen-bond acceptors (Lipinski definition) is 3. The van der Waals surface area contributed by atoms with Gasteiger partial charge in [-0.1, -0.05) is 48.0 Å². The smallest absolute Gasteiger partial charge is 0.291 e. The van der Waals surface area contributed by atoms with E-state index in [0.29, 0.717) is 11.7 Å². The Balaban J connectivity index is 1.38. The first kappa shape index (κ1) is 18.5. The van der Waals surface area contributed by atoms with Gasteiger partial charge in [0, 0.05) is 17.8 Å². The number of nitrogens with zero attached hydrogens (tertiary/aromatic N) is 1. The Labute approximate surface area is 166 Å². The first-order valence-electron chi connectivity index (χ1n) is 9.91. The van der Waals surface area contributed by atoms with Crippen LogP contribution in [0.15, 0.2) is 71.3 Å². The van der Waals surface area contributed by atoms with Crippen molar-refractivity contribution in [2.24, 2.45) is 0 Å². The number of rotatable bonds is 5. The number of anilines is 1. The fourth-order valence-electron chi connectivity index (χ4n) is 3.89. The molecular weight excluding hydrogens is 348 g/mol. The van der Waals surface area contributed by atoms with Crippen LogP contribution in [0.4, 0.5) is 5.69 Å². The summed E-state index contributed by atoms with van der Waals surface area (Å²) in [5.41, 5.74) is 4.33. The van der Waals surface area contributed by atoms with Crippen LogP contribution in [0.5, 0.6) is 0 Å². The molecule has 0 radical (unpaired) electrons. The molecule has 2 heterocycles. The van der Waals surface area contributed by atoms with Crippen LogP contribution in [0, 0.1) is 6.92 Å². The van der Waals surface area contributed by atoms with Crippen molar-refractivity contribution in [3.8, 4) is 0 Å². The van der Waals surface area contributed by atoms with Crippen molar-refractivity contribution >= 4 is 11.6 Å². The maximum atomic E-state index is 12.7. The normalized spacial score (nSPS) is 15.5. The summed E-state index contributed by atoms with van der Waals surface area (Å²) in [6, 6.07) is 20.3. The van der Waals surface area contributed by atoms with Crippen molar-refractivity contribution in [3.05, 3.63) is 89.4 Å². The van der Waals surface area contributed by atoms with Crippen molar-refractivity contribution < 1.29 is 9.21 Å². The zero-order valence-electron chi connectivity index (χ0n) is 16.2. The molecule has 1 amide bonds. The lowest BCUT2D eigenvalue weighted by molar-refractivity contribution is 0.0993. The van der Waals surface area contributed by atoms with Crippen molar-refractivity contribution in [1.29, 1.82) is 0 Å². The second-order valence-corrected chi connectivity index (χ2v) is 7.56. The van der Waals surface area contributed by atoms with E-state index in [-0.39, 0.29) is 5.91 Å². The lowest BCUT2D eigenvalue weighted by atomic mass is 9.89. The first-order valence-corrected chi connectivity index (χ1v) is 9.91. The molecule has 0 atom stereocenters. The van der Waals surface area contributed by atoms with E-state index in [0.717, 1.165) is 43.7 Å². The molecule has 1 saturated heterocycles. The molecule has 144 valence electrons. The Hall–Kier alpha value is -2.85. The summed E-state index contributed by atoms with van der Waals surface area (Å²) in [6.07, 6.45) is 3.71. The van der Waals surface area contributed by atoms with Gasteiger partial charge in [-0.2, -0.15) is 0 Å². The molecule has 0 spiro atoms. The number of benzene rings is 2. The van der Waals surface area contributed by atoms with Gasteiger partial charge in [-0.15, -0.1) is 0 Å². The molecule has 1 aromatic heterocycles. The molecule has 1 N–H and O–H groups in total. The van der Waals surface area contributed by atoms with E-state index in [2.05, 4.69) is 40.5 Å². The molecule has 0 unspecified atom stereocenters. The van der Waals surface area contributed by atoms with Crippen molar-refractivity contribution in [2.45, 2.75) is 32.2 Å².